The third-order valence-electron chi connectivity index (χ3n) is 8.28. The van der Waals surface area contributed by atoms with E-state index in [9.17, 15) is 13.2 Å². The normalized spacial score (nSPS) is 13.4. The molecule has 2 nitrogen and oxygen atoms in total. The maximum atomic E-state index is 14.1. The molecule has 0 saturated heterocycles. The molecule has 0 aliphatic rings. The fraction of sp³-hybridized carbons (Fsp3) is 0.219. The molecule has 37 heavy (non-hydrogen) atoms. The van der Waals surface area contributed by atoms with Gasteiger partial charge in [-0.15, -0.1) is 0 Å². The first kappa shape index (κ1) is 22.3. The number of para-hydroxylation sites is 1. The number of rotatable bonds is 2. The van der Waals surface area contributed by atoms with Crippen LogP contribution in [-0.2, 0) is 13.5 Å². The molecule has 3 aromatic heterocycles. The number of pyridine rings is 2. The van der Waals surface area contributed by atoms with Gasteiger partial charge in [0.2, 0.25) is 5.52 Å². The zero-order chi connectivity index (χ0) is 25.9. The summed E-state index contributed by atoms with van der Waals surface area (Å²) >= 11 is 0. The van der Waals surface area contributed by atoms with E-state index in [1.807, 2.05) is 42.6 Å². The van der Waals surface area contributed by atoms with Gasteiger partial charge < -0.3 is 4.40 Å². The van der Waals surface area contributed by atoms with Crippen LogP contribution in [0, 0.1) is 12.3 Å². The van der Waals surface area contributed by atoms with E-state index >= 15 is 0 Å². The van der Waals surface area contributed by atoms with Gasteiger partial charge in [-0.2, -0.15) is 13.2 Å². The van der Waals surface area contributed by atoms with E-state index in [2.05, 4.69) is 53.3 Å². The largest absolute Gasteiger partial charge is 0.394 e. The predicted molar refractivity (Wildman–Crippen MR) is 146 cm³/mol. The molecule has 0 saturated carbocycles. The number of benzene rings is 4. The second kappa shape index (κ2) is 7.12. The van der Waals surface area contributed by atoms with Crippen molar-refractivity contribution in [1.29, 1.82) is 0 Å². The molecule has 7 aromatic rings. The molecule has 184 valence electrons. The van der Waals surface area contributed by atoms with Crippen LogP contribution in [-0.4, -0.2) is 10.6 Å². The van der Waals surface area contributed by atoms with Gasteiger partial charge in [0.1, 0.15) is 7.05 Å². The molecule has 0 radical (unpaired) electrons. The van der Waals surface area contributed by atoms with Crippen molar-refractivity contribution in [2.45, 2.75) is 33.4 Å². The van der Waals surface area contributed by atoms with Crippen molar-refractivity contribution in [1.82, 2.24) is 4.40 Å². The predicted octanol–water partition coefficient (Wildman–Crippen LogP) is 8.41. The van der Waals surface area contributed by atoms with Crippen LogP contribution in [0.5, 0.6) is 0 Å². The number of halogens is 3. The van der Waals surface area contributed by atoms with Gasteiger partial charge in [-0.1, -0.05) is 56.3 Å². The third-order valence-corrected chi connectivity index (χ3v) is 8.28. The van der Waals surface area contributed by atoms with Crippen LogP contribution >= 0.6 is 0 Å². The first-order valence-electron chi connectivity index (χ1n) is 12.6. The molecule has 0 atom stereocenters. The minimum atomic E-state index is -4.30. The maximum absolute atomic E-state index is 14.1. The summed E-state index contributed by atoms with van der Waals surface area (Å²) in [6.07, 6.45) is -2.36. The van der Waals surface area contributed by atoms with Crippen molar-refractivity contribution < 1.29 is 17.7 Å². The van der Waals surface area contributed by atoms with Crippen LogP contribution in [0.25, 0.3) is 59.8 Å². The minimum Gasteiger partial charge on any atom is -0.307 e. The summed E-state index contributed by atoms with van der Waals surface area (Å²) in [4.78, 5) is 0. The number of aryl methyl sites for hydroxylation is 2. The molecular weight excluding hydrogens is 469 g/mol. The van der Waals surface area contributed by atoms with E-state index in [1.54, 1.807) is 0 Å². The third kappa shape index (κ3) is 2.85. The van der Waals surface area contributed by atoms with Gasteiger partial charge in [0.05, 0.1) is 32.7 Å². The lowest BCUT2D eigenvalue weighted by Crippen LogP contribution is -2.34. The highest BCUT2D eigenvalue weighted by molar-refractivity contribution is 6.29. The lowest BCUT2D eigenvalue weighted by molar-refractivity contribution is -0.643. The number of hydrogen-bond donors (Lipinski definition) is 0. The molecular formula is C32H26F3N2+. The fourth-order valence-electron chi connectivity index (χ4n) is 6.35. The molecule has 0 amide bonds. The van der Waals surface area contributed by atoms with Gasteiger partial charge in [-0.25, -0.2) is 4.57 Å². The van der Waals surface area contributed by atoms with Gasteiger partial charge in [0, 0.05) is 16.8 Å². The number of hydrogen-bond acceptors (Lipinski definition) is 0. The van der Waals surface area contributed by atoms with E-state index in [0.29, 0.717) is 0 Å². The van der Waals surface area contributed by atoms with Crippen LogP contribution in [0.1, 0.15) is 25.0 Å². The van der Waals surface area contributed by atoms with Crippen molar-refractivity contribution in [2.75, 3.05) is 0 Å². The standard InChI is InChI=1S/C32H26F3N2/c1-18-22-10-6-5-9-19(22)16-25-26(18)29-28-20(13-14-36(29)4)15-21(17-31(2,3)32(33,34)35)27-23-11-7-8-12-24(23)37(25)30(27)28/h5-16H,17H2,1-4H3/q+1. The summed E-state index contributed by atoms with van der Waals surface area (Å²) < 4.78 is 46.6. The van der Waals surface area contributed by atoms with Gasteiger partial charge in [0.25, 0.3) is 0 Å². The average Bonchev–Trinajstić information content (AvgIpc) is 3.20. The number of aromatic nitrogens is 2. The molecule has 3 heterocycles. The Labute approximate surface area is 211 Å². The smallest absolute Gasteiger partial charge is 0.307 e. The highest BCUT2D eigenvalue weighted by Crippen LogP contribution is 2.47. The first-order valence-corrected chi connectivity index (χ1v) is 12.6. The van der Waals surface area contributed by atoms with Crippen molar-refractivity contribution in [3.63, 3.8) is 0 Å². The highest BCUT2D eigenvalue weighted by atomic mass is 19.4. The zero-order valence-electron chi connectivity index (χ0n) is 21.2. The van der Waals surface area contributed by atoms with E-state index in [-0.39, 0.29) is 6.42 Å². The van der Waals surface area contributed by atoms with Gasteiger partial charge in [-0.3, -0.25) is 0 Å². The monoisotopic (exact) mass is 495 g/mol. The highest BCUT2D eigenvalue weighted by Gasteiger charge is 2.47. The second-order valence-corrected chi connectivity index (χ2v) is 11.0. The fourth-order valence-corrected chi connectivity index (χ4v) is 6.35. The molecule has 0 aliphatic carbocycles. The van der Waals surface area contributed by atoms with Crippen LogP contribution in [0.15, 0.2) is 72.9 Å². The summed E-state index contributed by atoms with van der Waals surface area (Å²) in [5, 5.41) is 7.50. The van der Waals surface area contributed by atoms with Gasteiger partial charge >= 0.3 is 6.18 Å². The average molecular weight is 496 g/mol. The number of alkyl halides is 3. The van der Waals surface area contributed by atoms with Crippen molar-refractivity contribution in [3.05, 3.63) is 84.1 Å². The minimum absolute atomic E-state index is 0.0864. The lowest BCUT2D eigenvalue weighted by atomic mass is 9.82. The quantitative estimate of drug-likeness (QED) is 0.129. The Morgan fingerprint density at radius 2 is 1.49 bits per heavy atom. The Hall–Kier alpha value is -3.86. The van der Waals surface area contributed by atoms with Crippen LogP contribution in [0.2, 0.25) is 0 Å². The van der Waals surface area contributed by atoms with Crippen molar-refractivity contribution in [2.24, 2.45) is 12.5 Å². The summed E-state index contributed by atoms with van der Waals surface area (Å²) in [6, 6.07) is 22.8. The van der Waals surface area contributed by atoms with Crippen molar-refractivity contribution >= 4 is 59.8 Å². The van der Waals surface area contributed by atoms with Crippen LogP contribution in [0.3, 0.4) is 0 Å². The molecule has 0 N–H and O–H groups in total. The lowest BCUT2D eigenvalue weighted by Gasteiger charge is -2.28. The molecule has 7 rings (SSSR count). The Kier molecular flexibility index (Phi) is 4.30. The Balaban J connectivity index is 1.80. The molecule has 0 spiro atoms. The van der Waals surface area contributed by atoms with Crippen molar-refractivity contribution in [3.8, 4) is 0 Å². The Bertz CT molecular complexity index is 2040. The number of nitrogens with zero attached hydrogens (tertiary/aromatic N) is 2. The molecule has 0 unspecified atom stereocenters. The topological polar surface area (TPSA) is 8.29 Å². The molecule has 0 fully saturated rings. The molecule has 5 heteroatoms. The summed E-state index contributed by atoms with van der Waals surface area (Å²) in [6.45, 7) is 4.78. The molecule has 0 aliphatic heterocycles. The molecule has 0 bridgehead atoms. The Morgan fingerprint density at radius 1 is 0.784 bits per heavy atom. The van der Waals surface area contributed by atoms with E-state index in [1.165, 1.54) is 30.2 Å². The summed E-state index contributed by atoms with van der Waals surface area (Å²) in [5.41, 5.74) is 4.29. The van der Waals surface area contributed by atoms with E-state index in [4.69, 9.17) is 0 Å². The summed E-state index contributed by atoms with van der Waals surface area (Å²) in [5.74, 6) is 0. The van der Waals surface area contributed by atoms with Crippen LogP contribution < -0.4 is 4.57 Å². The SMILES string of the molecule is Cc1c2ccccc2cc2c1c1c3c(cc[n+]1C)cc(CC(C)(C)C(F)(F)F)c1c4ccccc4n2c13. The summed E-state index contributed by atoms with van der Waals surface area (Å²) in [7, 11) is 2.05. The maximum Gasteiger partial charge on any atom is 0.394 e. The number of fused-ring (bicyclic) bond motifs is 7. The van der Waals surface area contributed by atoms with Gasteiger partial charge in [-0.05, 0) is 58.8 Å². The van der Waals surface area contributed by atoms with E-state index in [0.717, 1.165) is 54.6 Å². The first-order chi connectivity index (χ1) is 17.6. The van der Waals surface area contributed by atoms with Gasteiger partial charge in [0.15, 0.2) is 6.20 Å². The second-order valence-electron chi connectivity index (χ2n) is 11.0. The zero-order valence-corrected chi connectivity index (χ0v) is 21.2. The Morgan fingerprint density at radius 3 is 2.24 bits per heavy atom. The van der Waals surface area contributed by atoms with E-state index < -0.39 is 11.6 Å². The van der Waals surface area contributed by atoms with Crippen LogP contribution in [0.4, 0.5) is 13.2 Å². The molecule has 4 aromatic carbocycles.